The third-order valence-corrected chi connectivity index (χ3v) is 8.85. The van der Waals surface area contributed by atoms with Crippen molar-refractivity contribution >= 4 is 17.7 Å². The van der Waals surface area contributed by atoms with Gasteiger partial charge in [-0.2, -0.15) is 11.8 Å². The molecule has 1 aromatic heterocycles. The van der Waals surface area contributed by atoms with Crippen LogP contribution in [-0.2, 0) is 10.2 Å². The average molecular weight is 383 g/mol. The van der Waals surface area contributed by atoms with E-state index in [0.29, 0.717) is 13.2 Å². The Kier molecular flexibility index (Phi) is 3.10. The minimum atomic E-state index is -0.675. The van der Waals surface area contributed by atoms with Crippen LogP contribution in [0.4, 0.5) is 0 Å². The molecule has 2 aromatic rings. The van der Waals surface area contributed by atoms with Crippen molar-refractivity contribution < 1.29 is 19.4 Å². The third-order valence-electron chi connectivity index (χ3n) is 7.25. The Bertz CT molecular complexity index is 955. The molecule has 0 amide bonds. The molecule has 2 fully saturated rings. The summed E-state index contributed by atoms with van der Waals surface area (Å²) in [4.78, 5) is 15.9. The first-order valence-corrected chi connectivity index (χ1v) is 10.6. The molecular weight excluding hydrogens is 362 g/mol. The first-order valence-electron chi connectivity index (χ1n) is 9.60. The lowest BCUT2D eigenvalue weighted by atomic mass is 9.46. The van der Waals surface area contributed by atoms with Crippen LogP contribution in [0, 0.1) is 5.41 Å². The molecule has 0 spiro atoms. The van der Waals surface area contributed by atoms with Crippen molar-refractivity contribution in [1.82, 2.24) is 4.98 Å². The molecule has 1 saturated carbocycles. The second kappa shape index (κ2) is 5.25. The van der Waals surface area contributed by atoms with Gasteiger partial charge in [0, 0.05) is 29.0 Å². The molecule has 2 bridgehead atoms. The highest BCUT2D eigenvalue weighted by atomic mass is 32.2. The number of carbonyl (C=O) groups is 1. The average Bonchev–Trinajstić information content (AvgIpc) is 3.37. The van der Waals surface area contributed by atoms with Crippen LogP contribution in [0.3, 0.4) is 0 Å². The van der Waals surface area contributed by atoms with Gasteiger partial charge in [0.15, 0.2) is 11.5 Å². The summed E-state index contributed by atoms with van der Waals surface area (Å²) in [6.45, 7) is 1.12. The van der Waals surface area contributed by atoms with Gasteiger partial charge in [-0.25, -0.2) is 0 Å². The standard InChI is InChI=1S/C21H21NO4S/c23-19(24)21-5-8-27-18(21)20(4-3-14(21)13-10-22-11-15(13)20)12-1-2-16-17(9-12)26-7-6-25-16/h1-2,9-11,14,18,22H,3-8H2,(H,23,24). The highest BCUT2D eigenvalue weighted by Gasteiger charge is 2.69. The minimum absolute atomic E-state index is 0.0482. The van der Waals surface area contributed by atoms with Gasteiger partial charge in [0.25, 0.3) is 0 Å². The zero-order valence-electron chi connectivity index (χ0n) is 14.9. The lowest BCUT2D eigenvalue weighted by molar-refractivity contribution is -0.153. The quantitative estimate of drug-likeness (QED) is 0.830. The van der Waals surface area contributed by atoms with Crippen LogP contribution in [0.5, 0.6) is 11.5 Å². The maximum atomic E-state index is 12.6. The van der Waals surface area contributed by atoms with Crippen LogP contribution < -0.4 is 9.47 Å². The van der Waals surface area contributed by atoms with Gasteiger partial charge in [0.2, 0.25) is 0 Å². The summed E-state index contributed by atoms with van der Waals surface area (Å²) in [5, 5.41) is 10.4. The monoisotopic (exact) mass is 383 g/mol. The Balaban J connectivity index is 1.62. The van der Waals surface area contributed by atoms with Crippen LogP contribution in [0.25, 0.3) is 0 Å². The van der Waals surface area contributed by atoms with E-state index >= 15 is 0 Å². The normalized spacial score (nSPS) is 35.6. The Morgan fingerprint density at radius 2 is 2.04 bits per heavy atom. The van der Waals surface area contributed by atoms with Gasteiger partial charge >= 0.3 is 5.97 Å². The minimum Gasteiger partial charge on any atom is -0.486 e. The molecule has 0 radical (unpaired) electrons. The zero-order chi connectivity index (χ0) is 18.2. The van der Waals surface area contributed by atoms with Crippen molar-refractivity contribution in [3.63, 3.8) is 0 Å². The number of ether oxygens (including phenoxy) is 2. The summed E-state index contributed by atoms with van der Waals surface area (Å²) in [6.07, 6.45) is 6.79. The number of carboxylic acids is 1. The number of aromatic nitrogens is 1. The van der Waals surface area contributed by atoms with E-state index in [9.17, 15) is 9.90 Å². The lowest BCUT2D eigenvalue weighted by Crippen LogP contribution is -2.60. The van der Waals surface area contributed by atoms with Gasteiger partial charge in [-0.05, 0) is 53.8 Å². The number of carboxylic acid groups (broad SMARTS) is 1. The van der Waals surface area contributed by atoms with Crippen LogP contribution in [0.2, 0.25) is 0 Å². The second-order valence-electron chi connectivity index (χ2n) is 8.09. The van der Waals surface area contributed by atoms with E-state index in [2.05, 4.69) is 23.3 Å². The van der Waals surface area contributed by atoms with E-state index in [-0.39, 0.29) is 16.6 Å². The summed E-state index contributed by atoms with van der Waals surface area (Å²) >= 11 is 1.85. The van der Waals surface area contributed by atoms with E-state index in [1.807, 2.05) is 24.0 Å². The van der Waals surface area contributed by atoms with Crippen molar-refractivity contribution in [2.45, 2.75) is 35.8 Å². The Labute approximate surface area is 161 Å². The first kappa shape index (κ1) is 15.9. The lowest BCUT2D eigenvalue weighted by Gasteiger charge is -2.58. The van der Waals surface area contributed by atoms with Gasteiger partial charge in [-0.1, -0.05) is 6.07 Å². The molecule has 2 N–H and O–H groups in total. The topological polar surface area (TPSA) is 71.6 Å². The largest absolute Gasteiger partial charge is 0.486 e. The smallest absolute Gasteiger partial charge is 0.311 e. The van der Waals surface area contributed by atoms with Crippen molar-refractivity contribution in [3.05, 3.63) is 47.3 Å². The van der Waals surface area contributed by atoms with Gasteiger partial charge < -0.3 is 19.6 Å². The maximum Gasteiger partial charge on any atom is 0.311 e. The van der Waals surface area contributed by atoms with Crippen LogP contribution in [0.1, 0.15) is 41.9 Å². The fourth-order valence-electron chi connectivity index (χ4n) is 6.22. The van der Waals surface area contributed by atoms with E-state index in [1.54, 1.807) is 0 Å². The molecular formula is C21H21NO4S. The summed E-state index contributed by atoms with van der Waals surface area (Å²) in [5.74, 6) is 1.95. The Morgan fingerprint density at radius 1 is 1.19 bits per heavy atom. The summed E-state index contributed by atoms with van der Waals surface area (Å²) in [5.41, 5.74) is 2.69. The van der Waals surface area contributed by atoms with Gasteiger partial charge in [0.1, 0.15) is 13.2 Å². The Hall–Kier alpha value is -2.08. The van der Waals surface area contributed by atoms with E-state index in [1.165, 1.54) is 11.1 Å². The van der Waals surface area contributed by atoms with Crippen molar-refractivity contribution in [1.29, 1.82) is 0 Å². The SMILES string of the molecule is O=C(O)C12CCSC1C1(c3ccc4c(c3)OCCO4)CCC2c2c[nH]cc21. The summed E-state index contributed by atoms with van der Waals surface area (Å²) in [7, 11) is 0. The molecule has 1 saturated heterocycles. The number of aliphatic carboxylic acids is 1. The number of fused-ring (bicyclic) bond motifs is 2. The zero-order valence-corrected chi connectivity index (χ0v) is 15.7. The van der Waals surface area contributed by atoms with Crippen molar-refractivity contribution in [2.75, 3.05) is 19.0 Å². The molecule has 4 unspecified atom stereocenters. The van der Waals surface area contributed by atoms with E-state index in [0.717, 1.165) is 42.1 Å². The molecule has 5 nitrogen and oxygen atoms in total. The highest BCUT2D eigenvalue weighted by molar-refractivity contribution is 8.00. The number of aromatic amines is 1. The first-order chi connectivity index (χ1) is 13.2. The van der Waals surface area contributed by atoms with Crippen molar-refractivity contribution in [2.24, 2.45) is 5.41 Å². The van der Waals surface area contributed by atoms with Crippen LogP contribution in [-0.4, -0.2) is 40.3 Å². The molecule has 1 aromatic carbocycles. The number of rotatable bonds is 2. The third kappa shape index (κ3) is 1.76. The number of H-pyrrole nitrogens is 1. The molecule has 6 heteroatoms. The number of hydrogen-bond donors (Lipinski definition) is 2. The molecule has 5 aliphatic rings. The second-order valence-corrected chi connectivity index (χ2v) is 9.30. The predicted molar refractivity (Wildman–Crippen MR) is 102 cm³/mol. The van der Waals surface area contributed by atoms with E-state index < -0.39 is 11.4 Å². The van der Waals surface area contributed by atoms with Crippen LogP contribution >= 0.6 is 11.8 Å². The molecule has 3 aliphatic carbocycles. The number of hydrogen-bond acceptors (Lipinski definition) is 4. The van der Waals surface area contributed by atoms with E-state index in [4.69, 9.17) is 9.47 Å². The van der Waals surface area contributed by atoms with Gasteiger partial charge in [0.05, 0.1) is 5.41 Å². The predicted octanol–water partition coefficient (Wildman–Crippen LogP) is 3.54. The molecule has 7 rings (SSSR count). The van der Waals surface area contributed by atoms with Crippen molar-refractivity contribution in [3.8, 4) is 11.5 Å². The Morgan fingerprint density at radius 3 is 2.89 bits per heavy atom. The molecule has 4 atom stereocenters. The number of nitrogens with one attached hydrogen (secondary N) is 1. The number of benzene rings is 1. The molecule has 2 aliphatic heterocycles. The fourth-order valence-corrected chi connectivity index (χ4v) is 8.26. The molecule has 3 heterocycles. The van der Waals surface area contributed by atoms with Crippen LogP contribution in [0.15, 0.2) is 30.6 Å². The molecule has 27 heavy (non-hydrogen) atoms. The maximum absolute atomic E-state index is 12.6. The molecule has 140 valence electrons. The fraction of sp³-hybridized carbons (Fsp3) is 0.476. The van der Waals surface area contributed by atoms with Gasteiger partial charge in [-0.15, -0.1) is 0 Å². The highest BCUT2D eigenvalue weighted by Crippen LogP contribution is 2.71. The summed E-state index contributed by atoms with van der Waals surface area (Å²) in [6, 6.07) is 6.22. The van der Waals surface area contributed by atoms with Gasteiger partial charge in [-0.3, -0.25) is 4.79 Å². The summed E-state index contributed by atoms with van der Waals surface area (Å²) < 4.78 is 11.6. The number of thioether (sulfide) groups is 1.